The van der Waals surface area contributed by atoms with Gasteiger partial charge in [-0.25, -0.2) is 0 Å². The van der Waals surface area contributed by atoms with Crippen molar-refractivity contribution >= 4 is 11.8 Å². The van der Waals surface area contributed by atoms with Crippen molar-refractivity contribution in [1.29, 1.82) is 5.26 Å². The molecule has 1 heterocycles. The fraction of sp³-hybridized carbons (Fsp3) is 0.769. The number of hydrogen-bond acceptors (Lipinski definition) is 3. The molecule has 18 heavy (non-hydrogen) atoms. The molecule has 0 bridgehead atoms. The molecule has 0 aromatic rings. The minimum absolute atomic E-state index is 0.0243. The monoisotopic (exact) mass is 251 g/mol. The Morgan fingerprint density at radius 2 is 1.89 bits per heavy atom. The minimum Gasteiger partial charge on any atom is -0.341 e. The van der Waals surface area contributed by atoms with Crippen molar-refractivity contribution in [2.24, 2.45) is 11.8 Å². The molecule has 0 saturated carbocycles. The molecule has 1 saturated heterocycles. The number of nitrogens with zero attached hydrogens (tertiary/aromatic N) is 3. The maximum Gasteiger partial charge on any atom is 0.242 e. The first-order chi connectivity index (χ1) is 8.47. The molecule has 100 valence electrons. The zero-order chi connectivity index (χ0) is 13.7. The third-order valence-corrected chi connectivity index (χ3v) is 3.28. The number of carbonyl (C=O) groups excluding carboxylic acids is 2. The van der Waals surface area contributed by atoms with Crippen LogP contribution < -0.4 is 0 Å². The zero-order valence-corrected chi connectivity index (χ0v) is 11.3. The van der Waals surface area contributed by atoms with Gasteiger partial charge in [0, 0.05) is 20.1 Å². The van der Waals surface area contributed by atoms with Gasteiger partial charge in [-0.1, -0.05) is 13.8 Å². The SMILES string of the molecule is CC(C)C(C#N)C(=O)N(C)CC(=O)N1CCCC1. The second-order valence-corrected chi connectivity index (χ2v) is 5.13. The second-order valence-electron chi connectivity index (χ2n) is 5.13. The van der Waals surface area contributed by atoms with Gasteiger partial charge in [0.25, 0.3) is 0 Å². The molecule has 2 amide bonds. The molecule has 1 atom stereocenters. The van der Waals surface area contributed by atoms with E-state index in [2.05, 4.69) is 0 Å². The molecule has 1 unspecified atom stereocenters. The number of amides is 2. The van der Waals surface area contributed by atoms with Gasteiger partial charge in [0.2, 0.25) is 11.8 Å². The van der Waals surface area contributed by atoms with E-state index in [-0.39, 0.29) is 24.3 Å². The first-order valence-electron chi connectivity index (χ1n) is 6.39. The average molecular weight is 251 g/mol. The molecule has 0 aromatic carbocycles. The van der Waals surface area contributed by atoms with Crippen LogP contribution in [0.5, 0.6) is 0 Å². The standard InChI is InChI=1S/C13H21N3O2/c1-10(2)11(8-14)13(18)15(3)9-12(17)16-6-4-5-7-16/h10-11H,4-7,9H2,1-3H3. The highest BCUT2D eigenvalue weighted by atomic mass is 16.2. The number of hydrogen-bond donors (Lipinski definition) is 0. The second kappa shape index (κ2) is 6.39. The summed E-state index contributed by atoms with van der Waals surface area (Å²) in [5.74, 6) is -0.989. The van der Waals surface area contributed by atoms with E-state index in [9.17, 15) is 9.59 Å². The third kappa shape index (κ3) is 3.46. The summed E-state index contributed by atoms with van der Waals surface area (Å²) in [6.07, 6.45) is 2.08. The molecule has 1 rings (SSSR count). The van der Waals surface area contributed by atoms with E-state index in [1.54, 1.807) is 11.9 Å². The van der Waals surface area contributed by atoms with Crippen LogP contribution in [0, 0.1) is 23.2 Å². The van der Waals surface area contributed by atoms with Gasteiger partial charge >= 0.3 is 0 Å². The lowest BCUT2D eigenvalue weighted by atomic mass is 9.96. The van der Waals surface area contributed by atoms with E-state index < -0.39 is 5.92 Å². The van der Waals surface area contributed by atoms with Crippen molar-refractivity contribution in [3.8, 4) is 6.07 Å². The van der Waals surface area contributed by atoms with E-state index in [0.717, 1.165) is 25.9 Å². The summed E-state index contributed by atoms with van der Waals surface area (Å²) in [5.41, 5.74) is 0. The fourth-order valence-electron chi connectivity index (χ4n) is 2.07. The topological polar surface area (TPSA) is 64.4 Å². The molecular formula is C13H21N3O2. The van der Waals surface area contributed by atoms with Gasteiger partial charge in [0.1, 0.15) is 5.92 Å². The van der Waals surface area contributed by atoms with Crippen molar-refractivity contribution in [1.82, 2.24) is 9.80 Å². The van der Waals surface area contributed by atoms with Crippen molar-refractivity contribution in [2.75, 3.05) is 26.7 Å². The van der Waals surface area contributed by atoms with Crippen LogP contribution in [0.15, 0.2) is 0 Å². The molecule has 1 aliphatic rings. The van der Waals surface area contributed by atoms with Crippen LogP contribution >= 0.6 is 0 Å². The van der Waals surface area contributed by atoms with Gasteiger partial charge in [-0.2, -0.15) is 5.26 Å². The lowest BCUT2D eigenvalue weighted by Gasteiger charge is -2.24. The Labute approximate surface area is 108 Å². The Balaban J connectivity index is 2.53. The first kappa shape index (κ1) is 14.5. The predicted octanol–water partition coefficient (Wildman–Crippen LogP) is 0.863. The maximum absolute atomic E-state index is 12.0. The number of likely N-dealkylation sites (tertiary alicyclic amines) is 1. The minimum atomic E-state index is -0.665. The summed E-state index contributed by atoms with van der Waals surface area (Å²) in [6, 6.07) is 2.01. The highest BCUT2D eigenvalue weighted by Crippen LogP contribution is 2.13. The van der Waals surface area contributed by atoms with Crippen LogP contribution in [0.2, 0.25) is 0 Å². The van der Waals surface area contributed by atoms with Gasteiger partial charge in [0.05, 0.1) is 12.6 Å². The quantitative estimate of drug-likeness (QED) is 0.744. The van der Waals surface area contributed by atoms with E-state index in [1.807, 2.05) is 19.9 Å². The number of rotatable bonds is 4. The fourth-order valence-corrected chi connectivity index (χ4v) is 2.07. The smallest absolute Gasteiger partial charge is 0.242 e. The molecule has 1 aliphatic heterocycles. The lowest BCUT2D eigenvalue weighted by Crippen LogP contribution is -2.42. The Morgan fingerprint density at radius 3 is 2.33 bits per heavy atom. The molecule has 5 heteroatoms. The van der Waals surface area contributed by atoms with Crippen LogP contribution in [0.4, 0.5) is 0 Å². The van der Waals surface area contributed by atoms with E-state index in [0.29, 0.717) is 0 Å². The van der Waals surface area contributed by atoms with Crippen LogP contribution in [0.25, 0.3) is 0 Å². The van der Waals surface area contributed by atoms with E-state index >= 15 is 0 Å². The number of carbonyl (C=O) groups is 2. The number of likely N-dealkylation sites (N-methyl/N-ethyl adjacent to an activating group) is 1. The van der Waals surface area contributed by atoms with Crippen LogP contribution in [-0.4, -0.2) is 48.3 Å². The first-order valence-corrected chi connectivity index (χ1v) is 6.39. The summed E-state index contributed by atoms with van der Waals surface area (Å²) in [7, 11) is 1.59. The van der Waals surface area contributed by atoms with E-state index in [4.69, 9.17) is 5.26 Å². The van der Waals surface area contributed by atoms with Gasteiger partial charge in [-0.3, -0.25) is 9.59 Å². The van der Waals surface area contributed by atoms with Crippen LogP contribution in [0.1, 0.15) is 26.7 Å². The molecular weight excluding hydrogens is 230 g/mol. The highest BCUT2D eigenvalue weighted by molar-refractivity contribution is 5.87. The molecule has 0 radical (unpaired) electrons. The van der Waals surface area contributed by atoms with Crippen molar-refractivity contribution in [3.63, 3.8) is 0 Å². The summed E-state index contributed by atoms with van der Waals surface area (Å²) >= 11 is 0. The molecule has 5 nitrogen and oxygen atoms in total. The Morgan fingerprint density at radius 1 is 1.33 bits per heavy atom. The van der Waals surface area contributed by atoms with Gasteiger partial charge in [0.15, 0.2) is 0 Å². The number of nitriles is 1. The summed E-state index contributed by atoms with van der Waals surface area (Å²) in [4.78, 5) is 27.0. The van der Waals surface area contributed by atoms with E-state index in [1.165, 1.54) is 4.90 Å². The Kier molecular flexibility index (Phi) is 5.14. The van der Waals surface area contributed by atoms with Gasteiger partial charge in [-0.05, 0) is 18.8 Å². The molecule has 0 aromatic heterocycles. The molecule has 1 fully saturated rings. The third-order valence-electron chi connectivity index (χ3n) is 3.28. The van der Waals surface area contributed by atoms with Crippen LogP contribution in [-0.2, 0) is 9.59 Å². The van der Waals surface area contributed by atoms with Gasteiger partial charge < -0.3 is 9.80 Å². The normalized spacial score (nSPS) is 16.5. The van der Waals surface area contributed by atoms with Crippen LogP contribution in [0.3, 0.4) is 0 Å². The molecule has 0 N–H and O–H groups in total. The molecule has 0 aliphatic carbocycles. The largest absolute Gasteiger partial charge is 0.341 e. The van der Waals surface area contributed by atoms with Crippen molar-refractivity contribution in [2.45, 2.75) is 26.7 Å². The summed E-state index contributed by atoms with van der Waals surface area (Å²) in [5, 5.41) is 8.97. The Hall–Kier alpha value is -1.57. The summed E-state index contributed by atoms with van der Waals surface area (Å²) < 4.78 is 0. The van der Waals surface area contributed by atoms with Gasteiger partial charge in [-0.15, -0.1) is 0 Å². The predicted molar refractivity (Wildman–Crippen MR) is 67.4 cm³/mol. The maximum atomic E-state index is 12.0. The molecule has 0 spiro atoms. The zero-order valence-electron chi connectivity index (χ0n) is 11.3. The highest BCUT2D eigenvalue weighted by Gasteiger charge is 2.27. The summed E-state index contributed by atoms with van der Waals surface area (Å²) in [6.45, 7) is 5.31. The van der Waals surface area contributed by atoms with Crippen molar-refractivity contribution < 1.29 is 9.59 Å². The van der Waals surface area contributed by atoms with Crippen molar-refractivity contribution in [3.05, 3.63) is 0 Å². The lowest BCUT2D eigenvalue weighted by molar-refractivity contribution is -0.140. The average Bonchev–Trinajstić information content (AvgIpc) is 2.82. The Bertz CT molecular complexity index is 354.